The van der Waals surface area contributed by atoms with Crippen LogP contribution in [-0.4, -0.2) is 11.7 Å². The summed E-state index contributed by atoms with van der Waals surface area (Å²) in [5.41, 5.74) is 0.0380. The molecule has 2 atom stereocenters. The van der Waals surface area contributed by atoms with Gasteiger partial charge in [0.25, 0.3) is 0 Å². The molecule has 0 saturated heterocycles. The zero-order chi connectivity index (χ0) is 9.19. The first kappa shape index (κ1) is 10.0. The van der Waals surface area contributed by atoms with Crippen molar-refractivity contribution in [2.75, 3.05) is 0 Å². The Kier molecular flexibility index (Phi) is 3.16. The molecule has 72 valence electrons. The summed E-state index contributed by atoms with van der Waals surface area (Å²) >= 11 is 0. The minimum Gasteiger partial charge on any atom is -0.372 e. The summed E-state index contributed by atoms with van der Waals surface area (Å²) in [4.78, 5) is 0. The standard InChI is InChI=1S/C11H22O/c1-9-7-5-6-8-10(9)12-11(2,3)4/h9-10H,5-8H2,1-4H3. The van der Waals surface area contributed by atoms with Gasteiger partial charge in [-0.3, -0.25) is 0 Å². The predicted octanol–water partition coefficient (Wildman–Crippen LogP) is 3.38. The average molecular weight is 170 g/mol. The lowest BCUT2D eigenvalue weighted by Gasteiger charge is -2.34. The number of ether oxygens (including phenoxy) is 1. The Bertz CT molecular complexity index is 134. The van der Waals surface area contributed by atoms with Gasteiger partial charge in [0.1, 0.15) is 0 Å². The molecule has 12 heavy (non-hydrogen) atoms. The molecule has 1 saturated carbocycles. The third-order valence-electron chi connectivity index (χ3n) is 2.54. The largest absolute Gasteiger partial charge is 0.372 e. The van der Waals surface area contributed by atoms with E-state index in [9.17, 15) is 0 Å². The molecule has 0 aromatic heterocycles. The fourth-order valence-corrected chi connectivity index (χ4v) is 1.91. The summed E-state index contributed by atoms with van der Waals surface area (Å²) < 4.78 is 5.99. The van der Waals surface area contributed by atoms with Crippen LogP contribution in [0.15, 0.2) is 0 Å². The minimum absolute atomic E-state index is 0.0380. The van der Waals surface area contributed by atoms with Crippen LogP contribution in [0.4, 0.5) is 0 Å². The van der Waals surface area contributed by atoms with Crippen LogP contribution in [0.3, 0.4) is 0 Å². The average Bonchev–Trinajstić information content (AvgIpc) is 1.91. The maximum Gasteiger partial charge on any atom is 0.0607 e. The molecule has 1 aliphatic rings. The fraction of sp³-hybridized carbons (Fsp3) is 1.00. The molecule has 0 aromatic carbocycles. The van der Waals surface area contributed by atoms with Crippen molar-refractivity contribution < 1.29 is 4.74 Å². The second-order valence-corrected chi connectivity index (χ2v) is 5.03. The smallest absolute Gasteiger partial charge is 0.0607 e. The Morgan fingerprint density at radius 1 is 1.08 bits per heavy atom. The van der Waals surface area contributed by atoms with Crippen molar-refractivity contribution in [3.8, 4) is 0 Å². The van der Waals surface area contributed by atoms with E-state index in [0.717, 1.165) is 5.92 Å². The van der Waals surface area contributed by atoms with Crippen molar-refractivity contribution in [2.45, 2.75) is 65.1 Å². The van der Waals surface area contributed by atoms with E-state index in [1.807, 2.05) is 0 Å². The van der Waals surface area contributed by atoms with Gasteiger partial charge in [0, 0.05) is 0 Å². The first-order valence-electron chi connectivity index (χ1n) is 5.17. The van der Waals surface area contributed by atoms with E-state index in [1.165, 1.54) is 25.7 Å². The molecule has 0 heterocycles. The molecule has 1 heteroatoms. The monoisotopic (exact) mass is 170 g/mol. The van der Waals surface area contributed by atoms with Crippen LogP contribution in [0.1, 0.15) is 53.4 Å². The van der Waals surface area contributed by atoms with Crippen LogP contribution >= 0.6 is 0 Å². The van der Waals surface area contributed by atoms with Gasteiger partial charge < -0.3 is 4.74 Å². The third-order valence-corrected chi connectivity index (χ3v) is 2.54. The van der Waals surface area contributed by atoms with E-state index in [1.54, 1.807) is 0 Å². The lowest BCUT2D eigenvalue weighted by Crippen LogP contribution is -2.33. The molecule has 1 fully saturated rings. The summed E-state index contributed by atoms with van der Waals surface area (Å²) in [5, 5.41) is 0. The quantitative estimate of drug-likeness (QED) is 0.586. The highest BCUT2D eigenvalue weighted by Gasteiger charge is 2.26. The highest BCUT2D eigenvalue weighted by atomic mass is 16.5. The van der Waals surface area contributed by atoms with Gasteiger partial charge >= 0.3 is 0 Å². The normalized spacial score (nSPS) is 32.0. The molecule has 0 radical (unpaired) electrons. The van der Waals surface area contributed by atoms with Crippen molar-refractivity contribution in [2.24, 2.45) is 5.92 Å². The second-order valence-electron chi connectivity index (χ2n) is 5.03. The Labute approximate surface area is 76.5 Å². The Hall–Kier alpha value is -0.0400. The topological polar surface area (TPSA) is 9.23 Å². The van der Waals surface area contributed by atoms with Crippen molar-refractivity contribution in [1.82, 2.24) is 0 Å². The van der Waals surface area contributed by atoms with Crippen LogP contribution < -0.4 is 0 Å². The SMILES string of the molecule is CC1CCCCC1OC(C)(C)C. The van der Waals surface area contributed by atoms with Crippen LogP contribution in [0.5, 0.6) is 0 Å². The van der Waals surface area contributed by atoms with Gasteiger partial charge in [0.05, 0.1) is 11.7 Å². The Morgan fingerprint density at radius 3 is 2.17 bits per heavy atom. The van der Waals surface area contributed by atoms with E-state index < -0.39 is 0 Å². The summed E-state index contributed by atoms with van der Waals surface area (Å²) in [6, 6.07) is 0. The lowest BCUT2D eigenvalue weighted by atomic mass is 9.87. The van der Waals surface area contributed by atoms with Crippen molar-refractivity contribution >= 4 is 0 Å². The maximum absolute atomic E-state index is 5.99. The molecule has 0 aromatic rings. The molecular formula is C11H22O. The zero-order valence-electron chi connectivity index (χ0n) is 8.89. The molecule has 0 N–H and O–H groups in total. The predicted molar refractivity (Wildman–Crippen MR) is 52.3 cm³/mol. The molecule has 1 aliphatic carbocycles. The van der Waals surface area contributed by atoms with Crippen molar-refractivity contribution in [3.05, 3.63) is 0 Å². The van der Waals surface area contributed by atoms with Gasteiger partial charge in [-0.25, -0.2) is 0 Å². The zero-order valence-corrected chi connectivity index (χ0v) is 8.89. The molecule has 0 aliphatic heterocycles. The third kappa shape index (κ3) is 3.14. The van der Waals surface area contributed by atoms with E-state index in [4.69, 9.17) is 4.74 Å². The van der Waals surface area contributed by atoms with E-state index in [0.29, 0.717) is 6.10 Å². The second kappa shape index (κ2) is 3.78. The van der Waals surface area contributed by atoms with Crippen molar-refractivity contribution in [3.63, 3.8) is 0 Å². The van der Waals surface area contributed by atoms with Gasteiger partial charge in [0.15, 0.2) is 0 Å². The highest BCUT2D eigenvalue weighted by molar-refractivity contribution is 4.75. The van der Waals surface area contributed by atoms with Gasteiger partial charge in [-0.1, -0.05) is 19.8 Å². The summed E-state index contributed by atoms with van der Waals surface area (Å²) in [6.07, 6.45) is 5.87. The van der Waals surface area contributed by atoms with Gasteiger partial charge in [-0.15, -0.1) is 0 Å². The van der Waals surface area contributed by atoms with Gasteiger partial charge in [-0.2, -0.15) is 0 Å². The Morgan fingerprint density at radius 2 is 1.67 bits per heavy atom. The van der Waals surface area contributed by atoms with Crippen molar-refractivity contribution in [1.29, 1.82) is 0 Å². The maximum atomic E-state index is 5.99. The molecule has 1 rings (SSSR count). The van der Waals surface area contributed by atoms with E-state index in [2.05, 4.69) is 27.7 Å². The summed E-state index contributed by atoms with van der Waals surface area (Å²) in [7, 11) is 0. The minimum atomic E-state index is 0.0380. The number of rotatable bonds is 1. The molecule has 0 bridgehead atoms. The van der Waals surface area contributed by atoms with Crippen LogP contribution in [-0.2, 0) is 4.74 Å². The van der Waals surface area contributed by atoms with Crippen LogP contribution in [0.2, 0.25) is 0 Å². The molecule has 0 spiro atoms. The first-order chi connectivity index (χ1) is 5.49. The number of hydrogen-bond acceptors (Lipinski definition) is 1. The lowest BCUT2D eigenvalue weighted by molar-refractivity contribution is -0.0946. The summed E-state index contributed by atoms with van der Waals surface area (Å²) in [6.45, 7) is 8.76. The molecular weight excluding hydrogens is 148 g/mol. The Balaban J connectivity index is 2.39. The summed E-state index contributed by atoms with van der Waals surface area (Å²) in [5.74, 6) is 0.762. The van der Waals surface area contributed by atoms with E-state index in [-0.39, 0.29) is 5.60 Å². The molecule has 0 amide bonds. The van der Waals surface area contributed by atoms with E-state index >= 15 is 0 Å². The van der Waals surface area contributed by atoms with Crippen LogP contribution in [0, 0.1) is 5.92 Å². The molecule has 1 nitrogen and oxygen atoms in total. The van der Waals surface area contributed by atoms with Gasteiger partial charge in [0.2, 0.25) is 0 Å². The number of hydrogen-bond donors (Lipinski definition) is 0. The van der Waals surface area contributed by atoms with Gasteiger partial charge in [-0.05, 0) is 39.5 Å². The highest BCUT2D eigenvalue weighted by Crippen LogP contribution is 2.29. The first-order valence-corrected chi connectivity index (χ1v) is 5.17. The fourth-order valence-electron chi connectivity index (χ4n) is 1.91. The van der Waals surface area contributed by atoms with Crippen LogP contribution in [0.25, 0.3) is 0 Å². The molecule has 2 unspecified atom stereocenters.